The first-order valence-electron chi connectivity index (χ1n) is 9.05. The second kappa shape index (κ2) is 8.07. The molecular formula is C21H24ClN3O2S2. The third-order valence-corrected chi connectivity index (χ3v) is 7.47. The van der Waals surface area contributed by atoms with Crippen LogP contribution in [0.3, 0.4) is 0 Å². The van der Waals surface area contributed by atoms with Crippen molar-refractivity contribution >= 4 is 38.6 Å². The van der Waals surface area contributed by atoms with Crippen LogP contribution in [-0.2, 0) is 15.6 Å². The van der Waals surface area contributed by atoms with Gasteiger partial charge in [-0.05, 0) is 45.0 Å². The second-order valence-corrected chi connectivity index (χ2v) is 11.2. The number of thiazole rings is 1. The molecule has 0 atom stereocenters. The van der Waals surface area contributed by atoms with Gasteiger partial charge in [0.25, 0.3) is 0 Å². The number of rotatable bonds is 4. The van der Waals surface area contributed by atoms with Crippen LogP contribution < -0.4 is 4.80 Å². The quantitative estimate of drug-likeness (QED) is 0.555. The van der Waals surface area contributed by atoms with Crippen LogP contribution in [0.15, 0.2) is 63.8 Å². The van der Waals surface area contributed by atoms with Gasteiger partial charge in [0, 0.05) is 30.6 Å². The lowest BCUT2D eigenvalue weighted by atomic mass is 10.1. The summed E-state index contributed by atoms with van der Waals surface area (Å²) in [5.41, 5.74) is 2.27. The molecule has 0 saturated carbocycles. The van der Waals surface area contributed by atoms with Gasteiger partial charge in [0.1, 0.15) is 4.90 Å². The summed E-state index contributed by atoms with van der Waals surface area (Å²) in [5, 5.41) is 2.21. The normalized spacial score (nSPS) is 13.3. The minimum Gasteiger partial charge on any atom is -0.311 e. The molecule has 0 N–H and O–H groups in total. The number of aromatic nitrogens is 1. The Bertz CT molecular complexity index is 1190. The van der Waals surface area contributed by atoms with Gasteiger partial charge in [-0.15, -0.1) is 11.3 Å². The summed E-state index contributed by atoms with van der Waals surface area (Å²) in [6.45, 7) is 6.29. The van der Waals surface area contributed by atoms with E-state index in [1.165, 1.54) is 29.7 Å². The number of nitrogens with zero attached hydrogens (tertiary/aromatic N) is 3. The molecule has 3 aromatic rings. The number of para-hydroxylation sites is 1. The van der Waals surface area contributed by atoms with Crippen LogP contribution in [0.2, 0.25) is 5.02 Å². The molecule has 0 bridgehead atoms. The molecule has 8 heteroatoms. The van der Waals surface area contributed by atoms with Crippen LogP contribution in [0.4, 0.5) is 5.69 Å². The van der Waals surface area contributed by atoms with E-state index in [9.17, 15) is 8.42 Å². The topological polar surface area (TPSA) is 54.7 Å². The highest BCUT2D eigenvalue weighted by atomic mass is 35.5. The largest absolute Gasteiger partial charge is 0.311 e. The molecule has 0 saturated heterocycles. The van der Waals surface area contributed by atoms with E-state index in [1.54, 1.807) is 12.1 Å². The Kier molecular flexibility index (Phi) is 6.06. The van der Waals surface area contributed by atoms with Gasteiger partial charge in [0.2, 0.25) is 10.0 Å². The zero-order chi connectivity index (χ0) is 21.4. The molecule has 0 aliphatic rings. The van der Waals surface area contributed by atoms with Gasteiger partial charge < -0.3 is 4.57 Å². The molecule has 0 unspecified atom stereocenters. The smallest absolute Gasteiger partial charge is 0.244 e. The third kappa shape index (κ3) is 4.48. The van der Waals surface area contributed by atoms with Crippen LogP contribution >= 0.6 is 22.9 Å². The second-order valence-electron chi connectivity index (χ2n) is 7.79. The summed E-state index contributed by atoms with van der Waals surface area (Å²) in [5.74, 6) is 0. The van der Waals surface area contributed by atoms with E-state index in [2.05, 4.69) is 25.3 Å². The zero-order valence-electron chi connectivity index (χ0n) is 17.0. The number of halogens is 1. The molecule has 3 rings (SSSR count). The predicted molar refractivity (Wildman–Crippen MR) is 120 cm³/mol. The van der Waals surface area contributed by atoms with Gasteiger partial charge in [0.15, 0.2) is 4.80 Å². The molecule has 0 radical (unpaired) electrons. The Balaban J connectivity index is 2.25. The fourth-order valence-electron chi connectivity index (χ4n) is 2.91. The van der Waals surface area contributed by atoms with E-state index in [0.29, 0.717) is 0 Å². The maximum atomic E-state index is 12.7. The first-order valence-corrected chi connectivity index (χ1v) is 11.7. The molecule has 154 valence electrons. The highest BCUT2D eigenvalue weighted by Crippen LogP contribution is 2.32. The zero-order valence-corrected chi connectivity index (χ0v) is 19.4. The Morgan fingerprint density at radius 3 is 2.31 bits per heavy atom. The molecule has 0 amide bonds. The minimum absolute atomic E-state index is 0.0925. The molecule has 5 nitrogen and oxygen atoms in total. The van der Waals surface area contributed by atoms with Crippen molar-refractivity contribution in [3.05, 3.63) is 63.7 Å². The van der Waals surface area contributed by atoms with Crippen LogP contribution in [-0.4, -0.2) is 31.4 Å². The van der Waals surface area contributed by atoms with Crippen LogP contribution in [0.1, 0.15) is 20.8 Å². The predicted octanol–water partition coefficient (Wildman–Crippen LogP) is 5.11. The maximum absolute atomic E-state index is 12.7. The average molecular weight is 450 g/mol. The Morgan fingerprint density at radius 2 is 1.72 bits per heavy atom. The van der Waals surface area contributed by atoms with Crippen LogP contribution in [0.25, 0.3) is 11.3 Å². The first-order chi connectivity index (χ1) is 13.5. The van der Waals surface area contributed by atoms with Crippen LogP contribution in [0, 0.1) is 0 Å². The molecule has 0 fully saturated rings. The summed E-state index contributed by atoms with van der Waals surface area (Å²) in [6, 6.07) is 14.9. The van der Waals surface area contributed by atoms with Gasteiger partial charge in [-0.1, -0.05) is 35.9 Å². The van der Waals surface area contributed by atoms with Gasteiger partial charge >= 0.3 is 0 Å². The van der Waals surface area contributed by atoms with Crippen molar-refractivity contribution in [2.24, 2.45) is 4.99 Å². The van der Waals surface area contributed by atoms with E-state index in [0.717, 1.165) is 21.7 Å². The van der Waals surface area contributed by atoms with E-state index in [-0.39, 0.29) is 15.5 Å². The number of hydrogen-bond donors (Lipinski definition) is 0. The summed E-state index contributed by atoms with van der Waals surface area (Å²) >= 11 is 7.75. The van der Waals surface area contributed by atoms with Gasteiger partial charge in [-0.3, -0.25) is 0 Å². The monoisotopic (exact) mass is 449 g/mol. The fraction of sp³-hybridized carbons (Fsp3) is 0.286. The standard InChI is InChI=1S/C21H24ClN3O2S2/c1-21(2,3)25-18(14-28-20(25)23-16-9-7-6-8-10-16)15-11-12-17(22)19(13-15)29(26,27)24(4)5/h6-14H,1-5H3. The van der Waals surface area contributed by atoms with E-state index >= 15 is 0 Å². The summed E-state index contributed by atoms with van der Waals surface area (Å²) in [4.78, 5) is 5.73. The highest BCUT2D eigenvalue weighted by Gasteiger charge is 2.24. The number of hydrogen-bond acceptors (Lipinski definition) is 4. The Morgan fingerprint density at radius 1 is 1.07 bits per heavy atom. The van der Waals surface area contributed by atoms with Crippen molar-refractivity contribution in [1.82, 2.24) is 8.87 Å². The SMILES string of the molecule is CN(C)S(=O)(=O)c1cc(-c2csc(=Nc3ccccc3)n2C(C)(C)C)ccc1Cl. The molecular weight excluding hydrogens is 426 g/mol. The van der Waals surface area contributed by atoms with E-state index < -0.39 is 10.0 Å². The van der Waals surface area contributed by atoms with E-state index in [4.69, 9.17) is 16.6 Å². The van der Waals surface area contributed by atoms with Crippen molar-refractivity contribution in [2.75, 3.05) is 14.1 Å². The highest BCUT2D eigenvalue weighted by molar-refractivity contribution is 7.89. The Labute approximate surface area is 181 Å². The molecule has 1 aromatic heterocycles. The lowest BCUT2D eigenvalue weighted by Gasteiger charge is -2.24. The Hall–Kier alpha value is -1.93. The number of sulfonamides is 1. The van der Waals surface area contributed by atoms with Gasteiger partial charge in [0.05, 0.1) is 16.4 Å². The molecule has 2 aromatic carbocycles. The summed E-state index contributed by atoms with van der Waals surface area (Å²) < 4.78 is 28.7. The van der Waals surface area contributed by atoms with Crippen molar-refractivity contribution in [2.45, 2.75) is 31.2 Å². The van der Waals surface area contributed by atoms with Crippen molar-refractivity contribution < 1.29 is 8.42 Å². The lowest BCUT2D eigenvalue weighted by molar-refractivity contribution is 0.392. The van der Waals surface area contributed by atoms with Crippen molar-refractivity contribution in [3.8, 4) is 11.3 Å². The molecule has 0 spiro atoms. The van der Waals surface area contributed by atoms with Gasteiger partial charge in [-0.2, -0.15) is 0 Å². The van der Waals surface area contributed by atoms with Gasteiger partial charge in [-0.25, -0.2) is 17.7 Å². The average Bonchev–Trinajstić information content (AvgIpc) is 3.06. The fourth-order valence-corrected chi connectivity index (χ4v) is 5.40. The first kappa shape index (κ1) is 21.8. The molecule has 0 aliphatic carbocycles. The lowest BCUT2D eigenvalue weighted by Crippen LogP contribution is -2.31. The van der Waals surface area contributed by atoms with Crippen molar-refractivity contribution in [3.63, 3.8) is 0 Å². The minimum atomic E-state index is -3.66. The maximum Gasteiger partial charge on any atom is 0.244 e. The van der Waals surface area contributed by atoms with Crippen LogP contribution in [0.5, 0.6) is 0 Å². The molecule has 1 heterocycles. The molecule has 0 aliphatic heterocycles. The van der Waals surface area contributed by atoms with E-state index in [1.807, 2.05) is 41.8 Å². The third-order valence-electron chi connectivity index (χ3n) is 4.35. The van der Waals surface area contributed by atoms with Crippen molar-refractivity contribution in [1.29, 1.82) is 0 Å². The summed E-state index contributed by atoms with van der Waals surface area (Å²) in [7, 11) is -0.666. The number of benzene rings is 2. The summed E-state index contributed by atoms with van der Waals surface area (Å²) in [6.07, 6.45) is 0. The molecule has 29 heavy (non-hydrogen) atoms.